The molecule has 0 aromatic heterocycles. The SMILES string of the molecule is CCC(CC1CCCC1)C(=O)NC(C)CO. The van der Waals surface area contributed by atoms with E-state index in [1.54, 1.807) is 0 Å². The Kier molecular flexibility index (Phi) is 5.81. The first-order valence-electron chi connectivity index (χ1n) is 6.58. The van der Waals surface area contributed by atoms with E-state index in [2.05, 4.69) is 12.2 Å². The lowest BCUT2D eigenvalue weighted by molar-refractivity contribution is -0.126. The highest BCUT2D eigenvalue weighted by molar-refractivity contribution is 5.78. The van der Waals surface area contributed by atoms with Crippen LogP contribution in [0.25, 0.3) is 0 Å². The number of carbonyl (C=O) groups is 1. The Morgan fingerprint density at radius 1 is 1.44 bits per heavy atom. The van der Waals surface area contributed by atoms with Gasteiger partial charge in [0.15, 0.2) is 0 Å². The Balaban J connectivity index is 2.36. The zero-order valence-electron chi connectivity index (χ0n) is 10.5. The van der Waals surface area contributed by atoms with Gasteiger partial charge in [-0.3, -0.25) is 4.79 Å². The van der Waals surface area contributed by atoms with Gasteiger partial charge in [0.2, 0.25) is 5.91 Å². The van der Waals surface area contributed by atoms with Gasteiger partial charge in [-0.2, -0.15) is 0 Å². The molecular formula is C13H25NO2. The number of amides is 1. The summed E-state index contributed by atoms with van der Waals surface area (Å²) in [6.45, 7) is 3.93. The number of aliphatic hydroxyl groups excluding tert-OH is 1. The largest absolute Gasteiger partial charge is 0.394 e. The highest BCUT2D eigenvalue weighted by atomic mass is 16.3. The van der Waals surface area contributed by atoms with E-state index in [0.29, 0.717) is 0 Å². The second-order valence-corrected chi connectivity index (χ2v) is 5.08. The van der Waals surface area contributed by atoms with Crippen molar-refractivity contribution in [1.82, 2.24) is 5.32 Å². The minimum Gasteiger partial charge on any atom is -0.394 e. The van der Waals surface area contributed by atoms with Crippen LogP contribution in [0.5, 0.6) is 0 Å². The zero-order valence-corrected chi connectivity index (χ0v) is 10.5. The van der Waals surface area contributed by atoms with Crippen molar-refractivity contribution in [3.63, 3.8) is 0 Å². The van der Waals surface area contributed by atoms with Crippen LogP contribution in [0.1, 0.15) is 52.4 Å². The third-order valence-electron chi connectivity index (χ3n) is 3.62. The fraction of sp³-hybridized carbons (Fsp3) is 0.923. The number of rotatable bonds is 6. The van der Waals surface area contributed by atoms with E-state index < -0.39 is 0 Å². The summed E-state index contributed by atoms with van der Waals surface area (Å²) in [5.74, 6) is 1.01. The van der Waals surface area contributed by atoms with Gasteiger partial charge in [0.1, 0.15) is 0 Å². The van der Waals surface area contributed by atoms with Crippen molar-refractivity contribution in [1.29, 1.82) is 0 Å². The van der Waals surface area contributed by atoms with Gasteiger partial charge >= 0.3 is 0 Å². The van der Waals surface area contributed by atoms with Gasteiger partial charge in [-0.1, -0.05) is 32.6 Å². The molecule has 0 saturated heterocycles. The molecule has 1 rings (SSSR count). The quantitative estimate of drug-likeness (QED) is 0.730. The van der Waals surface area contributed by atoms with Crippen LogP contribution in [0, 0.1) is 11.8 Å². The summed E-state index contributed by atoms with van der Waals surface area (Å²) in [7, 11) is 0. The van der Waals surface area contributed by atoms with Gasteiger partial charge in [0, 0.05) is 12.0 Å². The van der Waals surface area contributed by atoms with Crippen molar-refractivity contribution in [3.8, 4) is 0 Å². The lowest BCUT2D eigenvalue weighted by Crippen LogP contribution is -2.39. The molecule has 1 saturated carbocycles. The summed E-state index contributed by atoms with van der Waals surface area (Å²) in [4.78, 5) is 11.9. The van der Waals surface area contributed by atoms with Crippen molar-refractivity contribution < 1.29 is 9.90 Å². The fourth-order valence-corrected chi connectivity index (χ4v) is 2.51. The average Bonchev–Trinajstić information content (AvgIpc) is 2.78. The minimum atomic E-state index is -0.120. The lowest BCUT2D eigenvalue weighted by Gasteiger charge is -2.20. The molecule has 2 N–H and O–H groups in total. The monoisotopic (exact) mass is 227 g/mol. The molecule has 0 aromatic rings. The molecule has 1 aliphatic rings. The Bertz CT molecular complexity index is 212. The molecule has 3 nitrogen and oxygen atoms in total. The summed E-state index contributed by atoms with van der Waals surface area (Å²) >= 11 is 0. The van der Waals surface area contributed by atoms with Gasteiger partial charge in [-0.25, -0.2) is 0 Å². The molecule has 0 aromatic carbocycles. The molecular weight excluding hydrogens is 202 g/mol. The van der Waals surface area contributed by atoms with Gasteiger partial charge < -0.3 is 10.4 Å². The summed E-state index contributed by atoms with van der Waals surface area (Å²) in [5, 5.41) is 11.8. The topological polar surface area (TPSA) is 49.3 Å². The number of hydrogen-bond donors (Lipinski definition) is 2. The van der Waals surface area contributed by atoms with E-state index in [1.165, 1.54) is 25.7 Å². The molecule has 0 spiro atoms. The molecule has 16 heavy (non-hydrogen) atoms. The number of carbonyl (C=O) groups excluding carboxylic acids is 1. The first-order chi connectivity index (χ1) is 7.67. The predicted octanol–water partition coefficient (Wildman–Crippen LogP) is 2.09. The first kappa shape index (κ1) is 13.5. The zero-order chi connectivity index (χ0) is 12.0. The van der Waals surface area contributed by atoms with E-state index in [4.69, 9.17) is 5.11 Å². The van der Waals surface area contributed by atoms with Crippen molar-refractivity contribution in [2.75, 3.05) is 6.61 Å². The standard InChI is InChI=1S/C13H25NO2/c1-3-12(8-11-6-4-5-7-11)13(16)14-10(2)9-15/h10-12,15H,3-9H2,1-2H3,(H,14,16). The van der Waals surface area contributed by atoms with Gasteiger partial charge in [0.05, 0.1) is 6.61 Å². The van der Waals surface area contributed by atoms with E-state index >= 15 is 0 Å². The van der Waals surface area contributed by atoms with Crippen molar-refractivity contribution in [2.45, 2.75) is 58.4 Å². The molecule has 1 amide bonds. The van der Waals surface area contributed by atoms with Crippen LogP contribution < -0.4 is 5.32 Å². The fourth-order valence-electron chi connectivity index (χ4n) is 2.51. The first-order valence-corrected chi connectivity index (χ1v) is 6.58. The predicted molar refractivity (Wildman–Crippen MR) is 65.0 cm³/mol. The van der Waals surface area contributed by atoms with E-state index in [-0.39, 0.29) is 24.5 Å². The summed E-state index contributed by atoms with van der Waals surface area (Å²) < 4.78 is 0. The van der Waals surface area contributed by atoms with E-state index in [1.807, 2.05) is 6.92 Å². The average molecular weight is 227 g/mol. The third-order valence-corrected chi connectivity index (χ3v) is 3.62. The van der Waals surface area contributed by atoms with Crippen LogP contribution in [-0.2, 0) is 4.79 Å². The highest BCUT2D eigenvalue weighted by Gasteiger charge is 2.24. The van der Waals surface area contributed by atoms with E-state index in [0.717, 1.165) is 18.8 Å². The third kappa shape index (κ3) is 4.12. The molecule has 0 bridgehead atoms. The summed E-state index contributed by atoms with van der Waals surface area (Å²) in [5.41, 5.74) is 0. The molecule has 94 valence electrons. The number of aliphatic hydroxyl groups is 1. The molecule has 1 fully saturated rings. The van der Waals surface area contributed by atoms with E-state index in [9.17, 15) is 4.79 Å². The van der Waals surface area contributed by atoms with Gasteiger partial charge in [-0.05, 0) is 25.7 Å². The second kappa shape index (κ2) is 6.89. The van der Waals surface area contributed by atoms with Gasteiger partial charge in [0.25, 0.3) is 0 Å². The number of nitrogens with one attached hydrogen (secondary N) is 1. The van der Waals surface area contributed by atoms with Crippen LogP contribution in [0.3, 0.4) is 0 Å². The number of hydrogen-bond acceptors (Lipinski definition) is 2. The minimum absolute atomic E-state index is 0.0194. The van der Waals surface area contributed by atoms with Crippen LogP contribution in [0.4, 0.5) is 0 Å². The van der Waals surface area contributed by atoms with Crippen LogP contribution >= 0.6 is 0 Å². The Morgan fingerprint density at radius 2 is 2.06 bits per heavy atom. The maximum atomic E-state index is 11.9. The van der Waals surface area contributed by atoms with Crippen LogP contribution in [-0.4, -0.2) is 23.7 Å². The summed E-state index contributed by atoms with van der Waals surface area (Å²) in [6.07, 6.45) is 7.17. The highest BCUT2D eigenvalue weighted by Crippen LogP contribution is 2.31. The Labute approximate surface area is 98.6 Å². The maximum Gasteiger partial charge on any atom is 0.223 e. The van der Waals surface area contributed by atoms with Crippen molar-refractivity contribution in [3.05, 3.63) is 0 Å². The van der Waals surface area contributed by atoms with Gasteiger partial charge in [-0.15, -0.1) is 0 Å². The Morgan fingerprint density at radius 3 is 2.56 bits per heavy atom. The smallest absolute Gasteiger partial charge is 0.223 e. The van der Waals surface area contributed by atoms with Crippen LogP contribution in [0.15, 0.2) is 0 Å². The summed E-state index contributed by atoms with van der Waals surface area (Å²) in [6, 6.07) is -0.120. The molecule has 3 heteroatoms. The van der Waals surface area contributed by atoms with Crippen molar-refractivity contribution >= 4 is 5.91 Å². The van der Waals surface area contributed by atoms with Crippen molar-refractivity contribution in [2.24, 2.45) is 11.8 Å². The molecule has 0 radical (unpaired) electrons. The molecule has 0 aliphatic heterocycles. The maximum absolute atomic E-state index is 11.9. The Hall–Kier alpha value is -0.570. The molecule has 1 aliphatic carbocycles. The molecule has 0 heterocycles. The second-order valence-electron chi connectivity index (χ2n) is 5.08. The molecule has 2 unspecified atom stereocenters. The lowest BCUT2D eigenvalue weighted by atomic mass is 9.90. The van der Waals surface area contributed by atoms with Crippen LogP contribution in [0.2, 0.25) is 0 Å². The molecule has 2 atom stereocenters. The normalized spacial score (nSPS) is 20.7.